The van der Waals surface area contributed by atoms with Gasteiger partial charge in [-0.15, -0.1) is 0 Å². The fourth-order valence-corrected chi connectivity index (χ4v) is 1.78. The van der Waals surface area contributed by atoms with Crippen LogP contribution in [0.25, 0.3) is 0 Å². The number of fused-ring (bicyclic) bond motifs is 1. The number of hydrogen-bond donors (Lipinski definition) is 1. The van der Waals surface area contributed by atoms with Crippen LogP contribution in [0.1, 0.15) is 25.3 Å². The highest BCUT2D eigenvalue weighted by molar-refractivity contribution is 5.44. The lowest BCUT2D eigenvalue weighted by atomic mass is 10.1. The van der Waals surface area contributed by atoms with E-state index in [0.29, 0.717) is 13.2 Å². The van der Waals surface area contributed by atoms with Gasteiger partial charge in [-0.1, -0.05) is 13.0 Å². The smallest absolute Gasteiger partial charge is 0.231 e. The summed E-state index contributed by atoms with van der Waals surface area (Å²) in [7, 11) is 0. The van der Waals surface area contributed by atoms with Gasteiger partial charge in [-0.3, -0.25) is 0 Å². The lowest BCUT2D eigenvalue weighted by Gasteiger charge is -2.13. The zero-order valence-corrected chi connectivity index (χ0v) is 9.90. The molecule has 0 bridgehead atoms. The molecule has 1 unspecified atom stereocenters. The summed E-state index contributed by atoms with van der Waals surface area (Å²) in [6.45, 7) is 3.13. The van der Waals surface area contributed by atoms with E-state index >= 15 is 0 Å². The number of nitrogens with one attached hydrogen (secondary N) is 1. The highest BCUT2D eigenvalue weighted by Gasteiger charge is 2.13. The van der Waals surface area contributed by atoms with Crippen LogP contribution in [-0.2, 0) is 6.54 Å². The minimum absolute atomic E-state index is 0.255. The first-order valence-corrected chi connectivity index (χ1v) is 5.82. The van der Waals surface area contributed by atoms with Crippen molar-refractivity contribution in [1.82, 2.24) is 5.32 Å². The summed E-state index contributed by atoms with van der Waals surface area (Å²) in [5.41, 5.74) is 1.14. The molecule has 2 rings (SSSR count). The summed E-state index contributed by atoms with van der Waals surface area (Å²) in [5, 5.41) is 12.0. The van der Waals surface area contributed by atoms with Gasteiger partial charge in [0.2, 0.25) is 6.79 Å². The summed E-state index contributed by atoms with van der Waals surface area (Å²) in [5.74, 6) is 1.61. The molecule has 4 heteroatoms. The Bertz CT molecular complexity index is 426. The Morgan fingerprint density at radius 2 is 2.24 bits per heavy atom. The first-order valence-electron chi connectivity index (χ1n) is 5.82. The number of nitrogens with zero attached hydrogens (tertiary/aromatic N) is 1. The predicted molar refractivity (Wildman–Crippen MR) is 63.7 cm³/mol. The molecule has 1 aliphatic rings. The second kappa shape index (κ2) is 5.55. The zero-order chi connectivity index (χ0) is 12.1. The zero-order valence-electron chi connectivity index (χ0n) is 9.90. The van der Waals surface area contributed by atoms with E-state index < -0.39 is 0 Å². The topological polar surface area (TPSA) is 54.3 Å². The fourth-order valence-electron chi connectivity index (χ4n) is 1.78. The molecular formula is C13H16N2O2. The standard InChI is InChI=1S/C13H16N2O2/c1-2-11(5-6-14)15-8-10-3-4-12-13(7-10)17-9-16-12/h3-4,7,11,15H,2,5,8-9H2,1H3. The molecule has 1 aliphatic heterocycles. The normalized spacial score (nSPS) is 14.4. The summed E-state index contributed by atoms with van der Waals surface area (Å²) < 4.78 is 10.6. The van der Waals surface area contributed by atoms with E-state index in [4.69, 9.17) is 14.7 Å². The highest BCUT2D eigenvalue weighted by Crippen LogP contribution is 2.32. The Morgan fingerprint density at radius 1 is 1.41 bits per heavy atom. The number of benzene rings is 1. The Morgan fingerprint density at radius 3 is 3.00 bits per heavy atom. The van der Waals surface area contributed by atoms with Crippen LogP contribution < -0.4 is 14.8 Å². The van der Waals surface area contributed by atoms with E-state index in [0.717, 1.165) is 30.0 Å². The molecule has 0 saturated heterocycles. The summed E-state index contributed by atoms with van der Waals surface area (Å²) in [4.78, 5) is 0. The van der Waals surface area contributed by atoms with Crippen LogP contribution in [-0.4, -0.2) is 12.8 Å². The van der Waals surface area contributed by atoms with Gasteiger partial charge in [0.05, 0.1) is 12.5 Å². The first-order chi connectivity index (χ1) is 8.33. The van der Waals surface area contributed by atoms with Crippen molar-refractivity contribution in [2.75, 3.05) is 6.79 Å². The Hall–Kier alpha value is -1.73. The Kier molecular flexibility index (Phi) is 3.84. The van der Waals surface area contributed by atoms with Gasteiger partial charge in [-0.05, 0) is 24.1 Å². The molecule has 0 saturated carbocycles. The van der Waals surface area contributed by atoms with Gasteiger partial charge in [-0.25, -0.2) is 0 Å². The summed E-state index contributed by atoms with van der Waals surface area (Å²) in [6, 6.07) is 8.36. The second-order valence-electron chi connectivity index (χ2n) is 4.04. The molecule has 4 nitrogen and oxygen atoms in total. The van der Waals surface area contributed by atoms with Gasteiger partial charge in [-0.2, -0.15) is 5.26 Å². The lowest BCUT2D eigenvalue weighted by molar-refractivity contribution is 0.174. The van der Waals surface area contributed by atoms with Gasteiger partial charge in [0.15, 0.2) is 11.5 Å². The molecule has 0 aromatic heterocycles. The maximum Gasteiger partial charge on any atom is 0.231 e. The van der Waals surface area contributed by atoms with Crippen LogP contribution in [0.3, 0.4) is 0 Å². The molecule has 0 radical (unpaired) electrons. The van der Waals surface area contributed by atoms with Gasteiger partial charge >= 0.3 is 0 Å². The minimum atomic E-state index is 0.255. The van der Waals surface area contributed by atoms with Crippen LogP contribution in [0.15, 0.2) is 18.2 Å². The van der Waals surface area contributed by atoms with Crippen molar-refractivity contribution in [3.05, 3.63) is 23.8 Å². The summed E-state index contributed by atoms with van der Waals surface area (Å²) in [6.07, 6.45) is 1.50. The summed E-state index contributed by atoms with van der Waals surface area (Å²) >= 11 is 0. The second-order valence-corrected chi connectivity index (χ2v) is 4.04. The number of ether oxygens (including phenoxy) is 2. The Labute approximate surface area is 101 Å². The third kappa shape index (κ3) is 2.89. The third-order valence-corrected chi connectivity index (χ3v) is 2.86. The van der Waals surface area contributed by atoms with Crippen molar-refractivity contribution >= 4 is 0 Å². The highest BCUT2D eigenvalue weighted by atomic mass is 16.7. The van der Waals surface area contributed by atoms with E-state index in [1.54, 1.807) is 0 Å². The molecule has 0 spiro atoms. The number of rotatable bonds is 5. The van der Waals surface area contributed by atoms with E-state index in [2.05, 4.69) is 18.3 Å². The van der Waals surface area contributed by atoms with Crippen LogP contribution in [0.4, 0.5) is 0 Å². The minimum Gasteiger partial charge on any atom is -0.454 e. The molecule has 1 aromatic rings. The van der Waals surface area contributed by atoms with E-state index in [1.807, 2.05) is 18.2 Å². The molecule has 0 fully saturated rings. The average molecular weight is 232 g/mol. The van der Waals surface area contributed by atoms with Crippen molar-refractivity contribution in [1.29, 1.82) is 5.26 Å². The van der Waals surface area contributed by atoms with Crippen molar-refractivity contribution in [2.45, 2.75) is 32.4 Å². The third-order valence-electron chi connectivity index (χ3n) is 2.86. The van der Waals surface area contributed by atoms with Gasteiger partial charge in [0, 0.05) is 12.6 Å². The Balaban J connectivity index is 1.93. The van der Waals surface area contributed by atoms with E-state index in [-0.39, 0.29) is 6.04 Å². The predicted octanol–water partition coefficient (Wildman–Crippen LogP) is 2.20. The molecule has 0 amide bonds. The fraction of sp³-hybridized carbons (Fsp3) is 0.462. The molecule has 1 heterocycles. The van der Waals surface area contributed by atoms with E-state index in [9.17, 15) is 0 Å². The van der Waals surface area contributed by atoms with Crippen molar-refractivity contribution in [3.8, 4) is 17.6 Å². The quantitative estimate of drug-likeness (QED) is 0.845. The molecule has 90 valence electrons. The molecule has 0 aliphatic carbocycles. The average Bonchev–Trinajstić information content (AvgIpc) is 2.81. The molecular weight excluding hydrogens is 216 g/mol. The lowest BCUT2D eigenvalue weighted by Crippen LogP contribution is -2.27. The van der Waals surface area contributed by atoms with Crippen molar-refractivity contribution in [3.63, 3.8) is 0 Å². The van der Waals surface area contributed by atoms with Crippen LogP contribution in [0, 0.1) is 11.3 Å². The van der Waals surface area contributed by atoms with Crippen LogP contribution in [0.5, 0.6) is 11.5 Å². The van der Waals surface area contributed by atoms with Gasteiger partial charge in [0.25, 0.3) is 0 Å². The largest absolute Gasteiger partial charge is 0.454 e. The maximum absolute atomic E-state index is 8.67. The van der Waals surface area contributed by atoms with Gasteiger partial charge < -0.3 is 14.8 Å². The van der Waals surface area contributed by atoms with Crippen molar-refractivity contribution in [2.24, 2.45) is 0 Å². The van der Waals surface area contributed by atoms with Crippen LogP contribution in [0.2, 0.25) is 0 Å². The SMILES string of the molecule is CCC(CC#N)NCc1ccc2c(c1)OCO2. The molecule has 1 N–H and O–H groups in total. The van der Waals surface area contributed by atoms with Gasteiger partial charge in [0.1, 0.15) is 0 Å². The van der Waals surface area contributed by atoms with E-state index in [1.165, 1.54) is 0 Å². The maximum atomic E-state index is 8.67. The molecule has 1 atom stereocenters. The number of hydrogen-bond acceptors (Lipinski definition) is 4. The monoisotopic (exact) mass is 232 g/mol. The van der Waals surface area contributed by atoms with Crippen molar-refractivity contribution < 1.29 is 9.47 Å². The first kappa shape index (κ1) is 11.7. The molecule has 17 heavy (non-hydrogen) atoms. The molecule has 1 aromatic carbocycles. The van der Waals surface area contributed by atoms with Crippen LogP contribution >= 0.6 is 0 Å². The number of nitriles is 1.